The van der Waals surface area contributed by atoms with Crippen LogP contribution < -0.4 is 25.6 Å². The molecule has 2 aromatic carbocycles. The summed E-state index contributed by atoms with van der Waals surface area (Å²) in [6.45, 7) is 2.20. The molecule has 0 unspecified atom stereocenters. The molecule has 8 nitrogen and oxygen atoms in total. The Balaban J connectivity index is 1.62. The zero-order valence-electron chi connectivity index (χ0n) is 15.9. The Morgan fingerprint density at radius 2 is 1.34 bits per heavy atom. The smallest absolute Gasteiger partial charge is 0.276 e. The van der Waals surface area contributed by atoms with E-state index in [1.54, 1.807) is 48.5 Å². The van der Waals surface area contributed by atoms with Crippen molar-refractivity contribution in [3.63, 3.8) is 0 Å². The lowest BCUT2D eigenvalue weighted by atomic mass is 10.2. The lowest BCUT2D eigenvalue weighted by molar-refractivity contribution is -0.130. The van der Waals surface area contributed by atoms with Crippen LogP contribution >= 0.6 is 15.9 Å². The summed E-state index contributed by atoms with van der Waals surface area (Å²) < 4.78 is 11.5. The fourth-order valence-corrected chi connectivity index (χ4v) is 2.43. The molecule has 0 spiro atoms. The number of hydrazine groups is 1. The maximum absolute atomic E-state index is 11.9. The van der Waals surface area contributed by atoms with Gasteiger partial charge in [-0.3, -0.25) is 25.2 Å². The van der Waals surface area contributed by atoms with Crippen molar-refractivity contribution in [1.82, 2.24) is 10.9 Å². The molecule has 3 amide bonds. The second kappa shape index (κ2) is 11.7. The maximum Gasteiger partial charge on any atom is 0.276 e. The highest BCUT2D eigenvalue weighted by Crippen LogP contribution is 2.16. The van der Waals surface area contributed by atoms with Crippen LogP contribution in [0.3, 0.4) is 0 Å². The third-order valence-corrected chi connectivity index (χ3v) is 4.08. The van der Waals surface area contributed by atoms with E-state index in [1.165, 1.54) is 0 Å². The van der Waals surface area contributed by atoms with Crippen LogP contribution in [0.1, 0.15) is 19.8 Å². The number of nitrogens with one attached hydrogen (secondary N) is 3. The Morgan fingerprint density at radius 1 is 0.793 bits per heavy atom. The number of amides is 3. The Bertz CT molecular complexity index is 825. The number of ether oxygens (including phenoxy) is 2. The van der Waals surface area contributed by atoms with E-state index in [4.69, 9.17) is 9.47 Å². The van der Waals surface area contributed by atoms with Crippen molar-refractivity contribution in [3.05, 3.63) is 53.0 Å². The van der Waals surface area contributed by atoms with Gasteiger partial charge in [-0.25, -0.2) is 0 Å². The van der Waals surface area contributed by atoms with Gasteiger partial charge < -0.3 is 14.8 Å². The first-order chi connectivity index (χ1) is 14.0. The molecule has 0 heterocycles. The van der Waals surface area contributed by atoms with E-state index in [-0.39, 0.29) is 25.4 Å². The molecule has 9 heteroatoms. The van der Waals surface area contributed by atoms with Crippen molar-refractivity contribution in [2.75, 3.05) is 18.5 Å². The predicted octanol–water partition coefficient (Wildman–Crippen LogP) is 2.79. The summed E-state index contributed by atoms with van der Waals surface area (Å²) in [7, 11) is 0. The Labute approximate surface area is 177 Å². The fourth-order valence-electron chi connectivity index (χ4n) is 2.17. The van der Waals surface area contributed by atoms with Crippen LogP contribution in [0, 0.1) is 0 Å². The summed E-state index contributed by atoms with van der Waals surface area (Å²) in [5.74, 6) is -0.0662. The average Bonchev–Trinajstić information content (AvgIpc) is 2.72. The number of rotatable bonds is 9. The van der Waals surface area contributed by atoms with Gasteiger partial charge in [-0.15, -0.1) is 0 Å². The molecular weight excluding hydrogens is 442 g/mol. The lowest BCUT2D eigenvalue weighted by Gasteiger charge is -2.09. The summed E-state index contributed by atoms with van der Waals surface area (Å²) >= 11 is 3.30. The van der Waals surface area contributed by atoms with Crippen LogP contribution in [0.15, 0.2) is 53.0 Å². The highest BCUT2D eigenvalue weighted by Gasteiger charge is 2.09. The monoisotopic (exact) mass is 463 g/mol. The molecule has 0 atom stereocenters. The van der Waals surface area contributed by atoms with Gasteiger partial charge in [0.2, 0.25) is 11.8 Å². The summed E-state index contributed by atoms with van der Waals surface area (Å²) in [5.41, 5.74) is 5.09. The first-order valence-electron chi connectivity index (χ1n) is 8.95. The molecular formula is C20H22BrN3O5. The summed E-state index contributed by atoms with van der Waals surface area (Å²) in [6, 6.07) is 13.9. The van der Waals surface area contributed by atoms with E-state index < -0.39 is 11.8 Å². The maximum atomic E-state index is 11.9. The summed E-state index contributed by atoms with van der Waals surface area (Å²) in [4.78, 5) is 35.4. The number of hydrogen-bond donors (Lipinski definition) is 3. The molecule has 2 rings (SSSR count). The number of halogens is 1. The highest BCUT2D eigenvalue weighted by molar-refractivity contribution is 9.10. The number of hydrogen-bond acceptors (Lipinski definition) is 5. The minimum absolute atomic E-state index is 0.0235. The van der Waals surface area contributed by atoms with Gasteiger partial charge >= 0.3 is 0 Å². The van der Waals surface area contributed by atoms with Crippen molar-refractivity contribution in [2.45, 2.75) is 19.8 Å². The fraction of sp³-hybridized carbons (Fsp3) is 0.250. The number of benzene rings is 2. The van der Waals surface area contributed by atoms with Gasteiger partial charge in [0.1, 0.15) is 11.5 Å². The molecule has 0 radical (unpaired) electrons. The predicted molar refractivity (Wildman–Crippen MR) is 111 cm³/mol. The van der Waals surface area contributed by atoms with Gasteiger partial charge in [0.25, 0.3) is 5.91 Å². The minimum atomic E-state index is -0.514. The van der Waals surface area contributed by atoms with Gasteiger partial charge in [0.15, 0.2) is 6.61 Å². The molecule has 0 bridgehead atoms. The molecule has 0 saturated heterocycles. The number of carbonyl (C=O) groups is 3. The molecule has 0 aliphatic carbocycles. The van der Waals surface area contributed by atoms with Crippen molar-refractivity contribution in [3.8, 4) is 11.5 Å². The van der Waals surface area contributed by atoms with E-state index in [1.807, 2.05) is 6.92 Å². The zero-order chi connectivity index (χ0) is 21.1. The first-order valence-corrected chi connectivity index (χ1v) is 9.74. The van der Waals surface area contributed by atoms with Gasteiger partial charge in [-0.1, -0.05) is 15.9 Å². The summed E-state index contributed by atoms with van der Waals surface area (Å²) in [5, 5.41) is 2.69. The van der Waals surface area contributed by atoms with E-state index in [2.05, 4.69) is 32.1 Å². The Hall–Kier alpha value is -3.07. The molecule has 0 aliphatic heterocycles. The van der Waals surface area contributed by atoms with Crippen molar-refractivity contribution >= 4 is 39.3 Å². The summed E-state index contributed by atoms with van der Waals surface area (Å²) in [6.07, 6.45) is -0.0962. The van der Waals surface area contributed by atoms with Crippen LogP contribution in [0.4, 0.5) is 5.69 Å². The van der Waals surface area contributed by atoms with E-state index in [9.17, 15) is 14.4 Å². The van der Waals surface area contributed by atoms with Gasteiger partial charge in [0.05, 0.1) is 6.61 Å². The SMILES string of the molecule is CCOc1ccc(NC(=O)CCC(=O)NNC(=O)COc2ccc(Br)cc2)cc1. The molecule has 0 fully saturated rings. The number of carbonyl (C=O) groups excluding carboxylic acids is 3. The highest BCUT2D eigenvalue weighted by atomic mass is 79.9. The zero-order valence-corrected chi connectivity index (χ0v) is 17.5. The molecule has 154 valence electrons. The van der Waals surface area contributed by atoms with Crippen LogP contribution in [-0.4, -0.2) is 30.9 Å². The number of anilines is 1. The molecule has 29 heavy (non-hydrogen) atoms. The van der Waals surface area contributed by atoms with E-state index >= 15 is 0 Å². The first kappa shape index (κ1) is 22.2. The normalized spacial score (nSPS) is 10.0. The van der Waals surface area contributed by atoms with Gasteiger partial charge in [0, 0.05) is 23.0 Å². The average molecular weight is 464 g/mol. The molecule has 3 N–H and O–H groups in total. The van der Waals surface area contributed by atoms with Crippen LogP contribution in [0.5, 0.6) is 11.5 Å². The third-order valence-electron chi connectivity index (χ3n) is 3.55. The third kappa shape index (κ3) is 8.65. The standard InChI is InChI=1S/C20H22BrN3O5/c1-2-28-16-9-5-15(6-10-16)22-18(25)11-12-19(26)23-24-20(27)13-29-17-7-3-14(21)4-8-17/h3-10H,2,11-13H2,1H3,(H,22,25)(H,23,26)(H,24,27). The molecule has 2 aromatic rings. The molecule has 0 aromatic heterocycles. The van der Waals surface area contributed by atoms with Crippen LogP contribution in [0.25, 0.3) is 0 Å². The quantitative estimate of drug-likeness (QED) is 0.495. The lowest BCUT2D eigenvalue weighted by Crippen LogP contribution is -2.44. The Morgan fingerprint density at radius 3 is 2.00 bits per heavy atom. The van der Waals surface area contributed by atoms with Gasteiger partial charge in [-0.2, -0.15) is 0 Å². The van der Waals surface area contributed by atoms with Crippen LogP contribution in [-0.2, 0) is 14.4 Å². The Kier molecular flexibility index (Phi) is 8.97. The second-order valence-corrected chi connectivity index (χ2v) is 6.76. The largest absolute Gasteiger partial charge is 0.494 e. The van der Waals surface area contributed by atoms with Crippen LogP contribution in [0.2, 0.25) is 0 Å². The van der Waals surface area contributed by atoms with E-state index in [0.29, 0.717) is 23.8 Å². The van der Waals surface area contributed by atoms with Crippen molar-refractivity contribution in [2.24, 2.45) is 0 Å². The minimum Gasteiger partial charge on any atom is -0.494 e. The van der Waals surface area contributed by atoms with Gasteiger partial charge in [-0.05, 0) is 55.5 Å². The molecule has 0 saturated carbocycles. The molecule has 0 aliphatic rings. The van der Waals surface area contributed by atoms with Crippen molar-refractivity contribution in [1.29, 1.82) is 0 Å². The van der Waals surface area contributed by atoms with Crippen molar-refractivity contribution < 1.29 is 23.9 Å². The van der Waals surface area contributed by atoms with E-state index in [0.717, 1.165) is 4.47 Å². The topological polar surface area (TPSA) is 106 Å². The second-order valence-electron chi connectivity index (χ2n) is 5.84.